The lowest BCUT2D eigenvalue weighted by Crippen LogP contribution is -2.41. The number of hydrogen-bond acceptors (Lipinski definition) is 3. The van der Waals surface area contributed by atoms with E-state index in [0.717, 1.165) is 24.8 Å². The van der Waals surface area contributed by atoms with Gasteiger partial charge in [0, 0.05) is 24.4 Å². The first-order valence-electron chi connectivity index (χ1n) is 8.22. The molecule has 0 aliphatic carbocycles. The SMILES string of the molecule is C[CH]CCC(C)(C)Cn1cc(B2OC(C)(C)C(C)(C)O2)cn1. The second-order valence-electron chi connectivity index (χ2n) is 8.17. The molecule has 0 amide bonds. The largest absolute Gasteiger partial charge is 0.498 e. The molecule has 2 rings (SSSR count). The summed E-state index contributed by atoms with van der Waals surface area (Å²) < 4.78 is 14.2. The van der Waals surface area contributed by atoms with Gasteiger partial charge in [0.1, 0.15) is 0 Å². The first-order chi connectivity index (χ1) is 10.1. The van der Waals surface area contributed by atoms with Crippen molar-refractivity contribution < 1.29 is 9.31 Å². The van der Waals surface area contributed by atoms with Crippen molar-refractivity contribution in [3.63, 3.8) is 0 Å². The number of rotatable bonds is 6. The molecule has 1 aliphatic rings. The minimum Gasteiger partial charge on any atom is -0.399 e. The van der Waals surface area contributed by atoms with E-state index >= 15 is 0 Å². The minimum atomic E-state index is -0.328. The van der Waals surface area contributed by atoms with Crippen LogP contribution in [-0.4, -0.2) is 28.1 Å². The highest BCUT2D eigenvalue weighted by atomic mass is 16.7. The van der Waals surface area contributed by atoms with Crippen molar-refractivity contribution in [2.24, 2.45) is 5.41 Å². The maximum atomic E-state index is 6.08. The summed E-state index contributed by atoms with van der Waals surface area (Å²) in [6.45, 7) is 15.9. The van der Waals surface area contributed by atoms with Crippen molar-refractivity contribution in [2.45, 2.75) is 79.1 Å². The van der Waals surface area contributed by atoms with Gasteiger partial charge in [-0.25, -0.2) is 0 Å². The zero-order valence-corrected chi connectivity index (χ0v) is 15.1. The van der Waals surface area contributed by atoms with E-state index in [1.807, 2.05) is 10.9 Å². The lowest BCUT2D eigenvalue weighted by molar-refractivity contribution is 0.00578. The average Bonchev–Trinajstić information content (AvgIpc) is 2.90. The zero-order chi connectivity index (χ0) is 16.6. The molecule has 0 unspecified atom stereocenters. The molecule has 0 bridgehead atoms. The standard InChI is InChI=1S/C17H30BN2O2/c1-8-9-10-15(2,3)13-20-12-14(11-19-20)18-21-16(4,5)17(6,7)22-18/h8,11-12H,9-10,13H2,1-7H3. The Hall–Kier alpha value is -0.805. The number of unbranched alkanes of at least 4 members (excludes halogenated alkanes) is 1. The molecule has 0 saturated carbocycles. The predicted molar refractivity (Wildman–Crippen MR) is 90.9 cm³/mol. The molecule has 4 nitrogen and oxygen atoms in total. The maximum absolute atomic E-state index is 6.08. The molecular weight excluding hydrogens is 275 g/mol. The van der Waals surface area contributed by atoms with E-state index in [2.05, 4.69) is 66.2 Å². The van der Waals surface area contributed by atoms with Gasteiger partial charge in [-0.05, 0) is 52.4 Å². The van der Waals surface area contributed by atoms with Crippen molar-refractivity contribution in [1.29, 1.82) is 0 Å². The molecule has 0 aromatic carbocycles. The normalized spacial score (nSPS) is 20.6. The van der Waals surface area contributed by atoms with E-state index in [1.54, 1.807) is 0 Å². The van der Waals surface area contributed by atoms with Crippen LogP contribution >= 0.6 is 0 Å². The molecule has 1 aliphatic heterocycles. The third-order valence-electron chi connectivity index (χ3n) is 4.88. The van der Waals surface area contributed by atoms with Crippen LogP contribution in [0.2, 0.25) is 0 Å². The molecule has 0 N–H and O–H groups in total. The molecule has 5 heteroatoms. The van der Waals surface area contributed by atoms with E-state index < -0.39 is 0 Å². The molecule has 22 heavy (non-hydrogen) atoms. The third-order valence-corrected chi connectivity index (χ3v) is 4.88. The van der Waals surface area contributed by atoms with Gasteiger partial charge in [-0.1, -0.05) is 20.8 Å². The minimum absolute atomic E-state index is 0.228. The van der Waals surface area contributed by atoms with Crippen LogP contribution in [0.15, 0.2) is 12.4 Å². The quantitative estimate of drug-likeness (QED) is 0.757. The molecular formula is C17H30BN2O2. The summed E-state index contributed by atoms with van der Waals surface area (Å²) in [5.41, 5.74) is 0.606. The Balaban J connectivity index is 2.04. The molecule has 1 saturated heterocycles. The lowest BCUT2D eigenvalue weighted by Gasteiger charge is -2.32. The Bertz CT molecular complexity index is 493. The van der Waals surface area contributed by atoms with Gasteiger partial charge in [-0.3, -0.25) is 4.68 Å². The highest BCUT2D eigenvalue weighted by molar-refractivity contribution is 6.61. The molecule has 0 spiro atoms. The van der Waals surface area contributed by atoms with Gasteiger partial charge in [-0.15, -0.1) is 0 Å². The fraction of sp³-hybridized carbons (Fsp3) is 0.765. The molecule has 2 heterocycles. The Kier molecular flexibility index (Phi) is 4.79. The summed E-state index contributed by atoms with van der Waals surface area (Å²) in [5, 5.41) is 4.50. The van der Waals surface area contributed by atoms with Gasteiger partial charge >= 0.3 is 7.12 Å². The van der Waals surface area contributed by atoms with Gasteiger partial charge in [0.2, 0.25) is 0 Å². The monoisotopic (exact) mass is 305 g/mol. The molecule has 1 aromatic heterocycles. The number of hydrogen-bond donors (Lipinski definition) is 0. The number of aromatic nitrogens is 2. The second-order valence-corrected chi connectivity index (χ2v) is 8.17. The van der Waals surface area contributed by atoms with Gasteiger partial charge < -0.3 is 9.31 Å². The van der Waals surface area contributed by atoms with Crippen molar-refractivity contribution in [2.75, 3.05) is 0 Å². The van der Waals surface area contributed by atoms with Crippen LogP contribution in [0.25, 0.3) is 0 Å². The number of nitrogens with zero attached hydrogens (tertiary/aromatic N) is 2. The van der Waals surface area contributed by atoms with E-state index in [9.17, 15) is 0 Å². The summed E-state index contributed by atoms with van der Waals surface area (Å²) in [6.07, 6.45) is 8.44. The van der Waals surface area contributed by atoms with Gasteiger partial charge in [0.05, 0.1) is 11.2 Å². The van der Waals surface area contributed by atoms with Gasteiger partial charge in [0.25, 0.3) is 0 Å². The molecule has 1 fully saturated rings. The Morgan fingerprint density at radius 1 is 1.23 bits per heavy atom. The van der Waals surface area contributed by atoms with Crippen LogP contribution in [0.5, 0.6) is 0 Å². The van der Waals surface area contributed by atoms with E-state index in [-0.39, 0.29) is 23.7 Å². The van der Waals surface area contributed by atoms with E-state index in [0.29, 0.717) is 0 Å². The van der Waals surface area contributed by atoms with E-state index in [4.69, 9.17) is 9.31 Å². The van der Waals surface area contributed by atoms with Gasteiger partial charge in [-0.2, -0.15) is 5.10 Å². The van der Waals surface area contributed by atoms with Crippen molar-refractivity contribution in [1.82, 2.24) is 9.78 Å². The first kappa shape index (κ1) is 17.5. The van der Waals surface area contributed by atoms with Crippen molar-refractivity contribution in [3.05, 3.63) is 18.8 Å². The zero-order valence-electron chi connectivity index (χ0n) is 15.1. The van der Waals surface area contributed by atoms with Crippen molar-refractivity contribution in [3.8, 4) is 0 Å². The summed E-state index contributed by atoms with van der Waals surface area (Å²) in [5.74, 6) is 0. The van der Waals surface area contributed by atoms with E-state index in [1.165, 1.54) is 0 Å². The first-order valence-corrected chi connectivity index (χ1v) is 8.22. The summed E-state index contributed by atoms with van der Waals surface area (Å²) in [4.78, 5) is 0. The molecule has 0 atom stereocenters. The van der Waals surface area contributed by atoms with Crippen LogP contribution in [0, 0.1) is 11.8 Å². The van der Waals surface area contributed by atoms with Crippen LogP contribution in [-0.2, 0) is 15.9 Å². The van der Waals surface area contributed by atoms with Crippen LogP contribution in [0.1, 0.15) is 61.3 Å². The lowest BCUT2D eigenvalue weighted by atomic mass is 9.82. The summed E-state index contributed by atoms with van der Waals surface area (Å²) in [7, 11) is -0.328. The topological polar surface area (TPSA) is 36.3 Å². The smallest absolute Gasteiger partial charge is 0.399 e. The predicted octanol–water partition coefficient (Wildman–Crippen LogP) is 3.21. The fourth-order valence-electron chi connectivity index (χ4n) is 2.62. The molecule has 123 valence electrons. The highest BCUT2D eigenvalue weighted by Gasteiger charge is 2.52. The van der Waals surface area contributed by atoms with Crippen molar-refractivity contribution >= 4 is 12.6 Å². The summed E-state index contributed by atoms with van der Waals surface area (Å²) in [6, 6.07) is 0. The third kappa shape index (κ3) is 3.74. The Morgan fingerprint density at radius 2 is 1.82 bits per heavy atom. The Morgan fingerprint density at radius 3 is 2.36 bits per heavy atom. The Labute approximate surface area is 135 Å². The fourth-order valence-corrected chi connectivity index (χ4v) is 2.62. The summed E-state index contributed by atoms with van der Waals surface area (Å²) >= 11 is 0. The molecule has 1 aromatic rings. The van der Waals surface area contributed by atoms with Crippen LogP contribution < -0.4 is 5.46 Å². The average molecular weight is 305 g/mol. The highest BCUT2D eigenvalue weighted by Crippen LogP contribution is 2.36. The second kappa shape index (κ2) is 6.01. The molecule has 1 radical (unpaired) electrons. The van der Waals surface area contributed by atoms with Crippen LogP contribution in [0.3, 0.4) is 0 Å². The van der Waals surface area contributed by atoms with Crippen LogP contribution in [0.4, 0.5) is 0 Å². The van der Waals surface area contributed by atoms with Gasteiger partial charge in [0.15, 0.2) is 0 Å². The maximum Gasteiger partial charge on any atom is 0.498 e.